The molecule has 0 aliphatic carbocycles. The molecule has 3 heteroatoms. The number of hydrogen-bond acceptors (Lipinski definition) is 2. The molecule has 2 aromatic carbocycles. The van der Waals surface area contributed by atoms with E-state index >= 15 is 0 Å². The molecule has 104 valence electrons. The number of benzene rings is 2. The molecule has 1 aliphatic heterocycles. The van der Waals surface area contributed by atoms with E-state index in [0.717, 1.165) is 24.5 Å². The van der Waals surface area contributed by atoms with Crippen molar-refractivity contribution in [3.05, 3.63) is 70.7 Å². The van der Waals surface area contributed by atoms with Gasteiger partial charge in [-0.1, -0.05) is 54.1 Å². The summed E-state index contributed by atoms with van der Waals surface area (Å²) in [6.07, 6.45) is 1.15. The van der Waals surface area contributed by atoms with Crippen molar-refractivity contribution in [1.82, 2.24) is 10.6 Å². The maximum atomic E-state index is 6.02. The predicted octanol–water partition coefficient (Wildman–Crippen LogP) is 3.53. The van der Waals surface area contributed by atoms with E-state index in [1.54, 1.807) is 0 Å². The molecular formula is C17H19ClN2. The minimum Gasteiger partial charge on any atom is -0.309 e. The van der Waals surface area contributed by atoms with Crippen molar-refractivity contribution in [1.29, 1.82) is 0 Å². The Morgan fingerprint density at radius 2 is 1.95 bits per heavy atom. The largest absolute Gasteiger partial charge is 0.309 e. The molecule has 0 radical (unpaired) electrons. The first-order valence-corrected chi connectivity index (χ1v) is 7.47. The predicted molar refractivity (Wildman–Crippen MR) is 83.9 cm³/mol. The molecule has 20 heavy (non-hydrogen) atoms. The molecule has 1 aliphatic rings. The quantitative estimate of drug-likeness (QED) is 0.898. The van der Waals surface area contributed by atoms with Gasteiger partial charge in [-0.2, -0.15) is 0 Å². The Hall–Kier alpha value is -1.35. The molecule has 0 saturated carbocycles. The van der Waals surface area contributed by atoms with E-state index in [4.69, 9.17) is 11.6 Å². The molecule has 1 saturated heterocycles. The van der Waals surface area contributed by atoms with Gasteiger partial charge in [0.25, 0.3) is 0 Å². The summed E-state index contributed by atoms with van der Waals surface area (Å²) in [4.78, 5) is 0. The molecular weight excluding hydrogens is 268 g/mol. The van der Waals surface area contributed by atoms with Gasteiger partial charge in [0, 0.05) is 23.7 Å². The van der Waals surface area contributed by atoms with Crippen LogP contribution in [0.2, 0.25) is 5.02 Å². The Morgan fingerprint density at radius 3 is 2.75 bits per heavy atom. The van der Waals surface area contributed by atoms with Gasteiger partial charge in [0.1, 0.15) is 0 Å². The fourth-order valence-electron chi connectivity index (χ4n) is 2.83. The van der Waals surface area contributed by atoms with Crippen LogP contribution in [0.25, 0.3) is 0 Å². The topological polar surface area (TPSA) is 24.1 Å². The second kappa shape index (κ2) is 6.40. The van der Waals surface area contributed by atoms with Gasteiger partial charge in [0.2, 0.25) is 0 Å². The molecule has 0 aromatic heterocycles. The molecule has 0 amide bonds. The van der Waals surface area contributed by atoms with Gasteiger partial charge >= 0.3 is 0 Å². The van der Waals surface area contributed by atoms with Crippen molar-refractivity contribution >= 4 is 11.6 Å². The summed E-state index contributed by atoms with van der Waals surface area (Å²) in [7, 11) is 0. The summed E-state index contributed by atoms with van der Waals surface area (Å²) in [5.41, 5.74) is 2.59. The highest BCUT2D eigenvalue weighted by Crippen LogP contribution is 2.24. The average Bonchev–Trinajstić information content (AvgIpc) is 2.95. The van der Waals surface area contributed by atoms with Gasteiger partial charge in [-0.05, 0) is 36.2 Å². The van der Waals surface area contributed by atoms with Crippen molar-refractivity contribution < 1.29 is 0 Å². The molecule has 2 aromatic rings. The third kappa shape index (κ3) is 3.21. The lowest BCUT2D eigenvalue weighted by atomic mass is 10.0. The lowest BCUT2D eigenvalue weighted by Gasteiger charge is -2.21. The van der Waals surface area contributed by atoms with E-state index in [0.29, 0.717) is 12.1 Å². The van der Waals surface area contributed by atoms with E-state index < -0.39 is 0 Å². The van der Waals surface area contributed by atoms with Gasteiger partial charge < -0.3 is 10.6 Å². The summed E-state index contributed by atoms with van der Waals surface area (Å²) in [6.45, 7) is 1.92. The normalized spacial score (nSPS) is 22.1. The number of hydrogen-bond donors (Lipinski definition) is 2. The second-order valence-electron chi connectivity index (χ2n) is 5.25. The molecule has 2 nitrogen and oxygen atoms in total. The third-order valence-corrected chi connectivity index (χ3v) is 4.07. The standard InChI is InChI=1S/C17H19ClN2/c18-15-8-4-5-13(11-15)12-20-16-9-10-19-17(16)14-6-2-1-3-7-14/h1-8,11,16-17,19-20H,9-10,12H2. The average molecular weight is 287 g/mol. The number of halogens is 1. The monoisotopic (exact) mass is 286 g/mol. The highest BCUT2D eigenvalue weighted by Gasteiger charge is 2.27. The first kappa shape index (κ1) is 13.6. The van der Waals surface area contributed by atoms with Gasteiger partial charge in [-0.15, -0.1) is 0 Å². The minimum atomic E-state index is 0.399. The van der Waals surface area contributed by atoms with Crippen molar-refractivity contribution in [2.45, 2.75) is 25.0 Å². The van der Waals surface area contributed by atoms with Crippen LogP contribution in [0.15, 0.2) is 54.6 Å². The van der Waals surface area contributed by atoms with Crippen LogP contribution in [0, 0.1) is 0 Å². The van der Waals surface area contributed by atoms with E-state index in [1.807, 2.05) is 18.2 Å². The zero-order valence-electron chi connectivity index (χ0n) is 11.4. The van der Waals surface area contributed by atoms with E-state index in [1.165, 1.54) is 11.1 Å². The zero-order chi connectivity index (χ0) is 13.8. The summed E-state index contributed by atoms with van der Waals surface area (Å²) in [5.74, 6) is 0. The summed E-state index contributed by atoms with van der Waals surface area (Å²) in [5, 5.41) is 8.03. The van der Waals surface area contributed by atoms with Crippen LogP contribution in [0.5, 0.6) is 0 Å². The van der Waals surface area contributed by atoms with Crippen LogP contribution in [-0.2, 0) is 6.54 Å². The van der Waals surface area contributed by atoms with Crippen molar-refractivity contribution in [2.24, 2.45) is 0 Å². The van der Waals surface area contributed by atoms with Crippen LogP contribution < -0.4 is 10.6 Å². The van der Waals surface area contributed by atoms with E-state index in [-0.39, 0.29) is 0 Å². The molecule has 2 atom stereocenters. The van der Waals surface area contributed by atoms with Crippen LogP contribution in [0.1, 0.15) is 23.6 Å². The van der Waals surface area contributed by atoms with Crippen LogP contribution in [0.4, 0.5) is 0 Å². The lowest BCUT2D eigenvalue weighted by molar-refractivity contribution is 0.461. The first-order chi connectivity index (χ1) is 9.83. The first-order valence-electron chi connectivity index (χ1n) is 7.09. The third-order valence-electron chi connectivity index (χ3n) is 3.84. The smallest absolute Gasteiger partial charge is 0.0476 e. The zero-order valence-corrected chi connectivity index (χ0v) is 12.1. The van der Waals surface area contributed by atoms with E-state index in [9.17, 15) is 0 Å². The Morgan fingerprint density at radius 1 is 1.10 bits per heavy atom. The molecule has 0 spiro atoms. The minimum absolute atomic E-state index is 0.399. The molecule has 1 fully saturated rings. The Balaban J connectivity index is 1.65. The molecule has 1 heterocycles. The summed E-state index contributed by atoms with van der Waals surface area (Å²) in [6, 6.07) is 19.6. The summed E-state index contributed by atoms with van der Waals surface area (Å²) < 4.78 is 0. The Bertz CT molecular complexity index is 556. The summed E-state index contributed by atoms with van der Waals surface area (Å²) >= 11 is 6.02. The van der Waals surface area contributed by atoms with E-state index in [2.05, 4.69) is 47.0 Å². The van der Waals surface area contributed by atoms with Crippen LogP contribution >= 0.6 is 11.6 Å². The van der Waals surface area contributed by atoms with Crippen molar-refractivity contribution in [3.8, 4) is 0 Å². The van der Waals surface area contributed by atoms with Crippen molar-refractivity contribution in [3.63, 3.8) is 0 Å². The molecule has 0 bridgehead atoms. The van der Waals surface area contributed by atoms with Crippen LogP contribution in [0.3, 0.4) is 0 Å². The highest BCUT2D eigenvalue weighted by atomic mass is 35.5. The van der Waals surface area contributed by atoms with Gasteiger partial charge in [0.05, 0.1) is 0 Å². The molecule has 2 N–H and O–H groups in total. The lowest BCUT2D eigenvalue weighted by Crippen LogP contribution is -2.33. The van der Waals surface area contributed by atoms with Crippen molar-refractivity contribution in [2.75, 3.05) is 6.54 Å². The Kier molecular flexibility index (Phi) is 4.36. The van der Waals surface area contributed by atoms with Gasteiger partial charge in [-0.25, -0.2) is 0 Å². The number of nitrogens with one attached hydrogen (secondary N) is 2. The maximum absolute atomic E-state index is 6.02. The second-order valence-corrected chi connectivity index (χ2v) is 5.68. The van der Waals surface area contributed by atoms with Gasteiger partial charge in [-0.3, -0.25) is 0 Å². The van der Waals surface area contributed by atoms with Gasteiger partial charge in [0.15, 0.2) is 0 Å². The number of rotatable bonds is 4. The fourth-order valence-corrected chi connectivity index (χ4v) is 3.04. The SMILES string of the molecule is Clc1cccc(CNC2CCNC2c2ccccc2)c1. The van der Waals surface area contributed by atoms with Crippen LogP contribution in [-0.4, -0.2) is 12.6 Å². The molecule has 3 rings (SSSR count). The Labute approximate surface area is 125 Å². The maximum Gasteiger partial charge on any atom is 0.0476 e. The molecule has 2 unspecified atom stereocenters. The highest BCUT2D eigenvalue weighted by molar-refractivity contribution is 6.30. The fraction of sp³-hybridized carbons (Fsp3) is 0.294.